The summed E-state index contributed by atoms with van der Waals surface area (Å²) in [6, 6.07) is 9.44. The number of para-hydroxylation sites is 1. The zero-order chi connectivity index (χ0) is 16.6. The van der Waals surface area contributed by atoms with Gasteiger partial charge in [0.05, 0.1) is 12.1 Å². The average Bonchev–Trinajstić information content (AvgIpc) is 2.42. The average molecular weight is 327 g/mol. The second kappa shape index (κ2) is 8.13. The van der Waals surface area contributed by atoms with Crippen molar-refractivity contribution < 1.29 is 14.3 Å². The molecule has 5 nitrogen and oxygen atoms in total. The highest BCUT2D eigenvalue weighted by Gasteiger charge is 2.27. The molecule has 0 radical (unpaired) electrons. The molecule has 1 unspecified atom stereocenters. The number of hydrogen-bond donors (Lipinski definition) is 0. The molecule has 0 N–H and O–H groups in total. The lowest BCUT2D eigenvalue weighted by Crippen LogP contribution is -2.31. The molecule has 0 saturated carbocycles. The predicted molar refractivity (Wildman–Crippen MR) is 86.5 cm³/mol. The van der Waals surface area contributed by atoms with Crippen LogP contribution < -0.4 is 4.74 Å². The van der Waals surface area contributed by atoms with Gasteiger partial charge in [0.1, 0.15) is 5.75 Å². The van der Waals surface area contributed by atoms with E-state index >= 15 is 0 Å². The number of azo groups is 1. The number of halogens is 1. The van der Waals surface area contributed by atoms with Crippen LogP contribution in [0.4, 0.5) is 4.79 Å². The van der Waals surface area contributed by atoms with E-state index < -0.39 is 11.2 Å². The van der Waals surface area contributed by atoms with E-state index in [0.717, 1.165) is 0 Å². The van der Waals surface area contributed by atoms with E-state index in [9.17, 15) is 4.79 Å². The summed E-state index contributed by atoms with van der Waals surface area (Å²) in [5, 5.41) is 8.67. The maximum absolute atomic E-state index is 10.6. The van der Waals surface area contributed by atoms with E-state index in [1.165, 1.54) is 0 Å². The zero-order valence-corrected chi connectivity index (χ0v) is 14.3. The molecule has 22 heavy (non-hydrogen) atoms. The fourth-order valence-corrected chi connectivity index (χ4v) is 1.75. The van der Waals surface area contributed by atoms with Crippen LogP contribution in [0.1, 0.15) is 40.5 Å². The van der Waals surface area contributed by atoms with Gasteiger partial charge in [0.2, 0.25) is 5.72 Å². The minimum Gasteiger partial charge on any atom is -0.465 e. The Balaban J connectivity index is 2.75. The summed E-state index contributed by atoms with van der Waals surface area (Å²) in [6.45, 7) is 7.98. The molecule has 0 amide bonds. The molecule has 0 aliphatic heterocycles. The Hall–Kier alpha value is -1.62. The van der Waals surface area contributed by atoms with Crippen LogP contribution in [0.5, 0.6) is 5.75 Å². The van der Waals surface area contributed by atoms with Gasteiger partial charge in [-0.05, 0) is 46.2 Å². The third kappa shape index (κ3) is 7.98. The highest BCUT2D eigenvalue weighted by molar-refractivity contribution is 6.61. The third-order valence-electron chi connectivity index (χ3n) is 2.64. The minimum absolute atomic E-state index is 0.223. The summed E-state index contributed by atoms with van der Waals surface area (Å²) in [5.41, 5.74) is -1.92. The van der Waals surface area contributed by atoms with Crippen molar-refractivity contribution in [2.75, 3.05) is 6.61 Å². The number of ether oxygens (including phenoxy) is 2. The minimum atomic E-state index is -0.826. The number of carbonyl (C=O) groups excluding carboxylic acids is 1. The van der Waals surface area contributed by atoms with Gasteiger partial charge in [-0.3, -0.25) is 0 Å². The predicted octanol–water partition coefficient (Wildman–Crippen LogP) is 5.19. The number of carbonyl (C=O) groups is 1. The van der Waals surface area contributed by atoms with Crippen LogP contribution >= 0.6 is 11.6 Å². The van der Waals surface area contributed by atoms with Crippen molar-refractivity contribution >= 4 is 17.0 Å². The Morgan fingerprint density at radius 2 is 1.77 bits per heavy atom. The van der Waals surface area contributed by atoms with Gasteiger partial charge in [0.25, 0.3) is 0 Å². The lowest BCUT2D eigenvalue weighted by atomic mass is 10.1. The molecule has 0 spiro atoms. The second-order valence-corrected chi connectivity index (χ2v) is 6.46. The van der Waals surface area contributed by atoms with E-state index in [0.29, 0.717) is 18.6 Å². The molecular formula is C16H23ClN2O3. The molecule has 0 bridgehead atoms. The number of nitrogens with zero attached hydrogens (tertiary/aromatic N) is 2. The van der Waals surface area contributed by atoms with Crippen LogP contribution in [-0.2, 0) is 4.74 Å². The van der Waals surface area contributed by atoms with E-state index in [1.54, 1.807) is 0 Å². The summed E-state index contributed by atoms with van der Waals surface area (Å²) in [7, 11) is 0. The first-order chi connectivity index (χ1) is 10.2. The molecule has 1 atom stereocenters. The highest BCUT2D eigenvalue weighted by atomic mass is 35.5. The Morgan fingerprint density at radius 1 is 1.14 bits per heavy atom. The van der Waals surface area contributed by atoms with Gasteiger partial charge in [-0.25, -0.2) is 4.79 Å². The fourth-order valence-electron chi connectivity index (χ4n) is 1.67. The van der Waals surface area contributed by atoms with E-state index in [-0.39, 0.29) is 12.1 Å². The van der Waals surface area contributed by atoms with Gasteiger partial charge in [-0.15, -0.1) is 5.11 Å². The van der Waals surface area contributed by atoms with Gasteiger partial charge in [-0.2, -0.15) is 5.11 Å². The first-order valence-electron chi connectivity index (χ1n) is 7.21. The van der Waals surface area contributed by atoms with Crippen molar-refractivity contribution in [2.45, 2.75) is 51.8 Å². The van der Waals surface area contributed by atoms with E-state index in [1.807, 2.05) is 58.0 Å². The molecule has 0 aliphatic rings. The maximum atomic E-state index is 10.6. The Labute approximate surface area is 136 Å². The van der Waals surface area contributed by atoms with Crippen LogP contribution in [0.25, 0.3) is 0 Å². The van der Waals surface area contributed by atoms with Crippen molar-refractivity contribution in [1.29, 1.82) is 0 Å². The first kappa shape index (κ1) is 18.4. The summed E-state index contributed by atoms with van der Waals surface area (Å²) in [5.74, 6) is 0.715. The first-order valence-corrected chi connectivity index (χ1v) is 7.58. The molecule has 1 aromatic rings. The van der Waals surface area contributed by atoms with Crippen LogP contribution in [0, 0.1) is 0 Å². The number of rotatable bonds is 7. The number of hydrogen-bond acceptors (Lipinski definition) is 5. The topological polar surface area (TPSA) is 60.2 Å². The molecule has 0 fully saturated rings. The van der Waals surface area contributed by atoms with Gasteiger partial charge >= 0.3 is 5.43 Å². The van der Waals surface area contributed by atoms with Gasteiger partial charge in [0.15, 0.2) is 0 Å². The standard InChI is InChI=1S/C16H23ClN2O3/c1-15(2,3)18-19-16(4,11-8-12-21-14(17)20)22-13-9-6-5-7-10-13/h5-7,9-10H,8,11-12H2,1-4H3. The monoisotopic (exact) mass is 326 g/mol. The van der Waals surface area contributed by atoms with E-state index in [2.05, 4.69) is 10.2 Å². The lowest BCUT2D eigenvalue weighted by molar-refractivity contribution is 0.0672. The maximum Gasteiger partial charge on any atom is 0.403 e. The van der Waals surface area contributed by atoms with Gasteiger partial charge in [-0.1, -0.05) is 18.2 Å². The SMILES string of the molecule is CC(C)(C)N=NC(C)(CCCOC(=O)Cl)Oc1ccccc1. The van der Waals surface area contributed by atoms with E-state index in [4.69, 9.17) is 21.1 Å². The lowest BCUT2D eigenvalue weighted by Gasteiger charge is -2.26. The van der Waals surface area contributed by atoms with Crippen molar-refractivity contribution in [1.82, 2.24) is 0 Å². The van der Waals surface area contributed by atoms with Gasteiger partial charge in [0, 0.05) is 18.0 Å². The largest absolute Gasteiger partial charge is 0.465 e. The number of benzene rings is 1. The summed E-state index contributed by atoms with van der Waals surface area (Å²) >= 11 is 5.14. The van der Waals surface area contributed by atoms with Gasteiger partial charge < -0.3 is 9.47 Å². The summed E-state index contributed by atoms with van der Waals surface area (Å²) in [4.78, 5) is 10.6. The molecule has 6 heteroatoms. The Kier molecular flexibility index (Phi) is 6.81. The Bertz CT molecular complexity index is 500. The molecule has 0 aromatic heterocycles. The molecular weight excluding hydrogens is 304 g/mol. The zero-order valence-electron chi connectivity index (χ0n) is 13.5. The molecule has 0 aliphatic carbocycles. The third-order valence-corrected chi connectivity index (χ3v) is 2.75. The fraction of sp³-hybridized carbons (Fsp3) is 0.562. The normalized spacial score (nSPS) is 14.6. The van der Waals surface area contributed by atoms with Crippen molar-refractivity contribution in [3.8, 4) is 5.75 Å². The quantitative estimate of drug-likeness (QED) is 0.393. The second-order valence-electron chi connectivity index (χ2n) is 6.15. The summed E-state index contributed by atoms with van der Waals surface area (Å²) in [6.07, 6.45) is 1.12. The summed E-state index contributed by atoms with van der Waals surface area (Å²) < 4.78 is 10.7. The molecule has 1 aromatic carbocycles. The van der Waals surface area contributed by atoms with Crippen LogP contribution in [0.2, 0.25) is 0 Å². The molecule has 0 saturated heterocycles. The smallest absolute Gasteiger partial charge is 0.403 e. The molecule has 0 heterocycles. The van der Waals surface area contributed by atoms with Crippen molar-refractivity contribution in [3.63, 3.8) is 0 Å². The van der Waals surface area contributed by atoms with Crippen molar-refractivity contribution in [3.05, 3.63) is 30.3 Å². The van der Waals surface area contributed by atoms with Crippen LogP contribution in [-0.4, -0.2) is 23.3 Å². The highest BCUT2D eigenvalue weighted by Crippen LogP contribution is 2.25. The molecule has 122 valence electrons. The van der Waals surface area contributed by atoms with Crippen LogP contribution in [0.15, 0.2) is 40.6 Å². The van der Waals surface area contributed by atoms with Crippen molar-refractivity contribution in [2.24, 2.45) is 10.2 Å². The molecule has 1 rings (SSSR count). The Morgan fingerprint density at radius 3 is 2.32 bits per heavy atom. The van der Waals surface area contributed by atoms with Crippen LogP contribution in [0.3, 0.4) is 0 Å².